The normalized spacial score (nSPS) is 41.4. The summed E-state index contributed by atoms with van der Waals surface area (Å²) in [5.74, 6) is 0. The van der Waals surface area contributed by atoms with Crippen molar-refractivity contribution in [2.45, 2.75) is 13.2 Å². The van der Waals surface area contributed by atoms with Crippen LogP contribution in [0, 0.1) is 0 Å². The first-order chi connectivity index (χ1) is 2.39. The molecule has 0 radical (unpaired) electrons. The minimum absolute atomic E-state index is 0.127. The second-order valence-corrected chi connectivity index (χ2v) is 1.92. The molecule has 0 N–H and O–H groups in total. The van der Waals surface area contributed by atoms with Gasteiger partial charge in [0.1, 0.15) is 6.29 Å². The van der Waals surface area contributed by atoms with Crippen LogP contribution in [-0.4, -0.2) is 16.3 Å². The van der Waals surface area contributed by atoms with Gasteiger partial charge in [0.25, 0.3) is 0 Å². The monoisotopic (exact) mass is 90.0 g/mol. The summed E-state index contributed by atoms with van der Waals surface area (Å²) < 4.78 is 9.69. The van der Waals surface area contributed by atoms with E-state index in [0.29, 0.717) is 0 Å². The maximum atomic E-state index is 4.85. The maximum Gasteiger partial charge on any atom is 0.308 e. The zero-order valence-electron chi connectivity index (χ0n) is 3.10. The molecule has 30 valence electrons. The predicted molar refractivity (Wildman–Crippen MR) is 20.2 cm³/mol. The van der Waals surface area contributed by atoms with Gasteiger partial charge in [-0.05, 0) is 6.92 Å². The Morgan fingerprint density at radius 1 is 1.60 bits per heavy atom. The van der Waals surface area contributed by atoms with E-state index < -0.39 is 10.0 Å². The first-order valence-corrected chi connectivity index (χ1v) is 2.78. The van der Waals surface area contributed by atoms with E-state index >= 15 is 0 Å². The van der Waals surface area contributed by atoms with Gasteiger partial charge in [0, 0.05) is 0 Å². The Hall–Kier alpha value is 0.137. The lowest BCUT2D eigenvalue weighted by atomic mass is 10.8. The van der Waals surface area contributed by atoms with E-state index in [9.17, 15) is 0 Å². The zero-order chi connectivity index (χ0) is 3.70. The molecule has 0 aromatic rings. The van der Waals surface area contributed by atoms with Crippen LogP contribution in [0.2, 0.25) is 0 Å². The molecule has 1 aliphatic heterocycles. The van der Waals surface area contributed by atoms with E-state index in [2.05, 4.69) is 0 Å². The van der Waals surface area contributed by atoms with E-state index in [1.807, 2.05) is 6.92 Å². The SMILES string of the molecule is CC1O[SiH2]O1. The van der Waals surface area contributed by atoms with Gasteiger partial charge >= 0.3 is 10.0 Å². The van der Waals surface area contributed by atoms with Crippen molar-refractivity contribution in [3.05, 3.63) is 0 Å². The highest BCUT2D eigenvalue weighted by molar-refractivity contribution is 6.20. The summed E-state index contributed by atoms with van der Waals surface area (Å²) in [6.07, 6.45) is 0.127. The van der Waals surface area contributed by atoms with E-state index in [-0.39, 0.29) is 6.29 Å². The fraction of sp³-hybridized carbons (Fsp3) is 1.00. The smallest absolute Gasteiger partial charge is 0.308 e. The Morgan fingerprint density at radius 2 is 2.00 bits per heavy atom. The summed E-state index contributed by atoms with van der Waals surface area (Å²) in [6, 6.07) is 0. The van der Waals surface area contributed by atoms with Gasteiger partial charge in [0.2, 0.25) is 0 Å². The van der Waals surface area contributed by atoms with Crippen LogP contribution in [0.15, 0.2) is 0 Å². The van der Waals surface area contributed by atoms with Gasteiger partial charge in [-0.2, -0.15) is 0 Å². The predicted octanol–water partition coefficient (Wildman–Crippen LogP) is -0.622. The summed E-state index contributed by atoms with van der Waals surface area (Å²) in [6.45, 7) is 1.90. The highest BCUT2D eigenvalue weighted by Gasteiger charge is 2.10. The van der Waals surface area contributed by atoms with Crippen LogP contribution in [0.25, 0.3) is 0 Å². The van der Waals surface area contributed by atoms with Crippen molar-refractivity contribution < 1.29 is 8.85 Å². The van der Waals surface area contributed by atoms with Crippen LogP contribution in [0.5, 0.6) is 0 Å². The van der Waals surface area contributed by atoms with E-state index in [4.69, 9.17) is 8.85 Å². The van der Waals surface area contributed by atoms with Gasteiger partial charge in [-0.15, -0.1) is 0 Å². The third-order valence-electron chi connectivity index (χ3n) is 0.605. The Morgan fingerprint density at radius 3 is 2.00 bits per heavy atom. The summed E-state index contributed by atoms with van der Waals surface area (Å²) in [5.41, 5.74) is 0. The summed E-state index contributed by atoms with van der Waals surface area (Å²) in [7, 11) is -0.443. The van der Waals surface area contributed by atoms with Crippen molar-refractivity contribution >= 4 is 10.0 Å². The first kappa shape index (κ1) is 3.33. The van der Waals surface area contributed by atoms with Gasteiger partial charge in [0.15, 0.2) is 0 Å². The molecule has 0 spiro atoms. The molecular weight excluding hydrogens is 84.1 g/mol. The van der Waals surface area contributed by atoms with E-state index in [0.717, 1.165) is 0 Å². The molecule has 0 unspecified atom stereocenters. The second kappa shape index (κ2) is 1.08. The van der Waals surface area contributed by atoms with Gasteiger partial charge in [-0.1, -0.05) is 0 Å². The molecule has 3 heteroatoms. The lowest BCUT2D eigenvalue weighted by Crippen LogP contribution is -2.30. The van der Waals surface area contributed by atoms with Gasteiger partial charge in [0.05, 0.1) is 0 Å². The maximum absolute atomic E-state index is 4.85. The molecule has 1 fully saturated rings. The number of hydrogen-bond acceptors (Lipinski definition) is 2. The lowest BCUT2D eigenvalue weighted by molar-refractivity contribution is -0.0808. The Bertz CT molecular complexity index is 34.6. The highest BCUT2D eigenvalue weighted by Crippen LogP contribution is 1.99. The third kappa shape index (κ3) is 0.502. The molecule has 1 rings (SSSR count). The van der Waals surface area contributed by atoms with Crippen molar-refractivity contribution in [1.29, 1.82) is 0 Å². The lowest BCUT2D eigenvalue weighted by Gasteiger charge is -2.22. The number of rotatable bonds is 0. The van der Waals surface area contributed by atoms with Gasteiger partial charge < -0.3 is 8.85 Å². The molecule has 0 saturated carbocycles. The molecule has 0 bridgehead atoms. The second-order valence-electron chi connectivity index (χ2n) is 1.02. The van der Waals surface area contributed by atoms with Crippen LogP contribution in [0.4, 0.5) is 0 Å². The molecular formula is C2H6O2Si. The molecule has 1 heterocycles. The molecule has 0 atom stereocenters. The molecule has 1 saturated heterocycles. The van der Waals surface area contributed by atoms with Crippen LogP contribution < -0.4 is 0 Å². The average molecular weight is 90.2 g/mol. The van der Waals surface area contributed by atoms with Crippen LogP contribution >= 0.6 is 0 Å². The van der Waals surface area contributed by atoms with Crippen LogP contribution in [0.1, 0.15) is 6.92 Å². The highest BCUT2D eigenvalue weighted by atomic mass is 28.3. The van der Waals surface area contributed by atoms with Crippen molar-refractivity contribution in [1.82, 2.24) is 0 Å². The molecule has 0 aliphatic carbocycles. The van der Waals surface area contributed by atoms with Gasteiger partial charge in [-0.3, -0.25) is 0 Å². The Labute approximate surface area is 33.1 Å². The Kier molecular flexibility index (Phi) is 0.720. The van der Waals surface area contributed by atoms with Crippen molar-refractivity contribution in [2.24, 2.45) is 0 Å². The van der Waals surface area contributed by atoms with Crippen LogP contribution in [0.3, 0.4) is 0 Å². The molecule has 0 amide bonds. The standard InChI is InChI=1S/C2H6O2Si/c1-2-3-5-4-2/h2H,5H2,1H3. The zero-order valence-corrected chi connectivity index (χ0v) is 4.52. The molecule has 1 aliphatic rings. The number of hydrogen-bond donors (Lipinski definition) is 0. The molecule has 0 aromatic carbocycles. The Balaban J connectivity index is 2.08. The van der Waals surface area contributed by atoms with Crippen LogP contribution in [-0.2, 0) is 8.85 Å². The topological polar surface area (TPSA) is 18.5 Å². The summed E-state index contributed by atoms with van der Waals surface area (Å²) in [4.78, 5) is 0. The van der Waals surface area contributed by atoms with E-state index in [1.54, 1.807) is 0 Å². The first-order valence-electron chi connectivity index (χ1n) is 1.63. The average Bonchev–Trinajstić information content (AvgIpc) is 1.30. The molecule has 5 heavy (non-hydrogen) atoms. The van der Waals surface area contributed by atoms with Crippen molar-refractivity contribution in [3.8, 4) is 0 Å². The summed E-state index contributed by atoms with van der Waals surface area (Å²) in [5, 5.41) is 0. The molecule has 0 aromatic heterocycles. The minimum Gasteiger partial charge on any atom is -0.373 e. The summed E-state index contributed by atoms with van der Waals surface area (Å²) >= 11 is 0. The fourth-order valence-electron chi connectivity index (χ4n) is 0.204. The quantitative estimate of drug-likeness (QED) is 0.369. The van der Waals surface area contributed by atoms with E-state index in [1.165, 1.54) is 0 Å². The molecule has 2 nitrogen and oxygen atoms in total. The van der Waals surface area contributed by atoms with Crippen molar-refractivity contribution in [3.63, 3.8) is 0 Å². The largest absolute Gasteiger partial charge is 0.373 e. The van der Waals surface area contributed by atoms with Gasteiger partial charge in [-0.25, -0.2) is 0 Å². The third-order valence-corrected chi connectivity index (χ3v) is 1.82. The van der Waals surface area contributed by atoms with Crippen molar-refractivity contribution in [2.75, 3.05) is 0 Å². The fourth-order valence-corrected chi connectivity index (χ4v) is 0.612. The minimum atomic E-state index is -0.443.